The van der Waals surface area contributed by atoms with Crippen LogP contribution in [0.1, 0.15) is 51.0 Å². The van der Waals surface area contributed by atoms with Gasteiger partial charge < -0.3 is 10.5 Å². The van der Waals surface area contributed by atoms with Gasteiger partial charge in [-0.3, -0.25) is 4.99 Å². The number of hydrogen-bond acceptors (Lipinski definition) is 5. The van der Waals surface area contributed by atoms with Crippen LogP contribution in [-0.4, -0.2) is 36.9 Å². The molecule has 0 radical (unpaired) electrons. The van der Waals surface area contributed by atoms with Gasteiger partial charge in [0.1, 0.15) is 11.6 Å². The Hall–Kier alpha value is -2.28. The predicted molar refractivity (Wildman–Crippen MR) is 117 cm³/mol. The highest BCUT2D eigenvalue weighted by atomic mass is 32.2. The third-order valence-corrected chi connectivity index (χ3v) is 9.80. The molecule has 1 aromatic rings. The van der Waals surface area contributed by atoms with Gasteiger partial charge >= 0.3 is 6.18 Å². The molecule has 0 spiro atoms. The van der Waals surface area contributed by atoms with Crippen LogP contribution in [0.5, 0.6) is 5.75 Å². The van der Waals surface area contributed by atoms with E-state index in [4.69, 9.17) is 15.5 Å². The molecule has 0 aliphatic heterocycles. The summed E-state index contributed by atoms with van der Waals surface area (Å²) in [6.07, 6.45) is -0.148. The maximum absolute atomic E-state index is 13.5. The number of sulfone groups is 1. The summed E-state index contributed by atoms with van der Waals surface area (Å²) in [7, 11) is -3.22. The number of nitrogens with zero attached hydrogens (tertiary/aromatic N) is 2. The van der Waals surface area contributed by atoms with Crippen molar-refractivity contribution in [3.8, 4) is 11.8 Å². The van der Waals surface area contributed by atoms with Gasteiger partial charge in [0, 0.05) is 6.26 Å². The van der Waals surface area contributed by atoms with Gasteiger partial charge in [0.2, 0.25) is 0 Å². The lowest BCUT2D eigenvalue weighted by Crippen LogP contribution is -2.60. The minimum Gasteiger partial charge on any atom is -0.478 e. The molecule has 6 nitrogen and oxygen atoms in total. The van der Waals surface area contributed by atoms with Gasteiger partial charge in [0.15, 0.2) is 15.4 Å². The number of nitrogens with two attached hydrogens (primary N) is 1. The first-order valence-electron chi connectivity index (χ1n) is 11.0. The summed E-state index contributed by atoms with van der Waals surface area (Å²) in [5.41, 5.74) is 3.81. The van der Waals surface area contributed by atoms with Crippen LogP contribution in [0.25, 0.3) is 0 Å². The fourth-order valence-electron chi connectivity index (χ4n) is 6.25. The van der Waals surface area contributed by atoms with Crippen molar-refractivity contribution < 1.29 is 26.3 Å². The number of amidine groups is 1. The van der Waals surface area contributed by atoms with Gasteiger partial charge in [-0.05, 0) is 68.9 Å². The summed E-state index contributed by atoms with van der Waals surface area (Å²) in [5, 5.41) is 9.36. The second-order valence-electron chi connectivity index (χ2n) is 10.1. The van der Waals surface area contributed by atoms with Crippen molar-refractivity contribution in [1.82, 2.24) is 0 Å². The van der Waals surface area contributed by atoms with Crippen molar-refractivity contribution in [3.05, 3.63) is 29.8 Å². The van der Waals surface area contributed by atoms with E-state index >= 15 is 0 Å². The Morgan fingerprint density at radius 3 is 2.39 bits per heavy atom. The van der Waals surface area contributed by atoms with E-state index in [9.17, 15) is 26.9 Å². The maximum atomic E-state index is 13.5. The van der Waals surface area contributed by atoms with Crippen LogP contribution in [-0.2, 0) is 16.0 Å². The molecule has 0 heterocycles. The summed E-state index contributed by atoms with van der Waals surface area (Å²) in [5.74, 6) is -0.0316. The van der Waals surface area contributed by atoms with E-state index in [1.807, 2.05) is 6.07 Å². The summed E-state index contributed by atoms with van der Waals surface area (Å²) < 4.78 is 70.5. The zero-order chi connectivity index (χ0) is 24.2. The highest BCUT2D eigenvalue weighted by molar-refractivity contribution is 7.92. The number of rotatable bonds is 6. The molecule has 5 rings (SSSR count). The monoisotopic (exact) mass is 483 g/mol. The van der Waals surface area contributed by atoms with Crippen molar-refractivity contribution in [2.75, 3.05) is 6.26 Å². The van der Waals surface area contributed by atoms with Gasteiger partial charge in [-0.2, -0.15) is 18.4 Å². The molecular formula is C23H28F3N3O3S. The SMILES string of the molecule is CC(CC#N)(Oc1ccccc1C(F)(F)F)C(N)=NC1C2CC3CC1CC(S(C)(=O)=O)(C3)C2. The Labute approximate surface area is 191 Å². The molecule has 3 unspecified atom stereocenters. The Morgan fingerprint density at radius 1 is 1.24 bits per heavy atom. The van der Waals surface area contributed by atoms with Crippen LogP contribution < -0.4 is 10.5 Å². The minimum absolute atomic E-state index is 0.0353. The predicted octanol–water partition coefficient (Wildman–Crippen LogP) is 4.11. The number of hydrogen-bond donors (Lipinski definition) is 1. The lowest BCUT2D eigenvalue weighted by Gasteiger charge is -2.58. The van der Waals surface area contributed by atoms with Gasteiger partial charge in [0.25, 0.3) is 0 Å². The minimum atomic E-state index is -4.63. The Kier molecular flexibility index (Phi) is 5.71. The van der Waals surface area contributed by atoms with Gasteiger partial charge in [-0.15, -0.1) is 0 Å². The fraction of sp³-hybridized carbons (Fsp3) is 0.652. The highest BCUT2D eigenvalue weighted by Gasteiger charge is 2.59. The second-order valence-corrected chi connectivity index (χ2v) is 12.5. The van der Waals surface area contributed by atoms with Crippen molar-refractivity contribution in [3.63, 3.8) is 0 Å². The summed E-state index contributed by atoms with van der Waals surface area (Å²) in [4.78, 5) is 4.71. The van der Waals surface area contributed by atoms with Crippen molar-refractivity contribution in [1.29, 1.82) is 5.26 Å². The molecule has 0 amide bonds. The first-order chi connectivity index (χ1) is 15.3. The fourth-order valence-corrected chi connectivity index (χ4v) is 7.82. The number of alkyl halides is 3. The van der Waals surface area contributed by atoms with Crippen molar-refractivity contribution in [2.24, 2.45) is 28.5 Å². The Balaban J connectivity index is 1.64. The van der Waals surface area contributed by atoms with Crippen LogP contribution in [0.2, 0.25) is 0 Å². The van der Waals surface area contributed by atoms with Crippen LogP contribution in [0.4, 0.5) is 13.2 Å². The molecule has 180 valence electrons. The first kappa shape index (κ1) is 23.9. The van der Waals surface area contributed by atoms with Gasteiger partial charge in [-0.25, -0.2) is 8.42 Å². The normalized spacial score (nSPS) is 33.4. The standard InChI is InChI=1S/C23H28F3N3O3S/c1-21(7-8-27,32-18-6-4-3-5-17(18)23(24,25)26)20(28)29-19-15-9-14-10-16(19)13-22(11-14,12-15)33(2,30)31/h3-6,14-16,19H,7,9-13H2,1-2H3,(H2,28,29). The molecule has 4 fully saturated rings. The number of nitriles is 1. The molecule has 4 aliphatic carbocycles. The van der Waals surface area contributed by atoms with E-state index in [0.717, 1.165) is 18.9 Å². The number of ether oxygens (including phenoxy) is 1. The molecule has 2 N–H and O–H groups in total. The number of para-hydroxylation sites is 1. The number of aliphatic imine (C=N–C) groups is 1. The number of benzene rings is 1. The van der Waals surface area contributed by atoms with Crippen LogP contribution in [0, 0.1) is 29.1 Å². The molecular weight excluding hydrogens is 455 g/mol. The van der Waals surface area contributed by atoms with Crippen molar-refractivity contribution >= 4 is 15.7 Å². The summed E-state index contributed by atoms with van der Waals surface area (Å²) >= 11 is 0. The van der Waals surface area contributed by atoms with E-state index in [-0.39, 0.29) is 30.1 Å². The third-order valence-electron chi connectivity index (χ3n) is 7.73. The molecule has 4 saturated carbocycles. The van der Waals surface area contributed by atoms with E-state index in [0.29, 0.717) is 25.2 Å². The smallest absolute Gasteiger partial charge is 0.419 e. The van der Waals surface area contributed by atoms with E-state index in [2.05, 4.69) is 0 Å². The van der Waals surface area contributed by atoms with Crippen LogP contribution in [0.3, 0.4) is 0 Å². The van der Waals surface area contributed by atoms with E-state index in [1.54, 1.807) is 0 Å². The summed E-state index contributed by atoms with van der Waals surface area (Å²) in [6, 6.07) is 6.52. The highest BCUT2D eigenvalue weighted by Crippen LogP contribution is 2.59. The molecule has 0 aromatic heterocycles. The molecule has 10 heteroatoms. The second kappa shape index (κ2) is 7.90. The number of halogens is 3. The largest absolute Gasteiger partial charge is 0.478 e. The average molecular weight is 484 g/mol. The molecule has 3 atom stereocenters. The topological polar surface area (TPSA) is 106 Å². The van der Waals surface area contributed by atoms with E-state index < -0.39 is 37.7 Å². The van der Waals surface area contributed by atoms with Gasteiger partial charge in [-0.1, -0.05) is 12.1 Å². The Morgan fingerprint density at radius 2 is 1.85 bits per heavy atom. The molecule has 33 heavy (non-hydrogen) atoms. The molecule has 1 aromatic carbocycles. The average Bonchev–Trinajstić information content (AvgIpc) is 2.69. The quantitative estimate of drug-likeness (QED) is 0.484. The molecule has 0 saturated heterocycles. The zero-order valence-electron chi connectivity index (χ0n) is 18.6. The lowest BCUT2D eigenvalue weighted by atomic mass is 9.54. The van der Waals surface area contributed by atoms with Crippen LogP contribution in [0.15, 0.2) is 29.3 Å². The lowest BCUT2D eigenvalue weighted by molar-refractivity contribution is -0.139. The van der Waals surface area contributed by atoms with Crippen molar-refractivity contribution in [2.45, 2.75) is 68.0 Å². The molecule has 4 bridgehead atoms. The maximum Gasteiger partial charge on any atom is 0.419 e. The molecule has 4 aliphatic rings. The van der Waals surface area contributed by atoms with Gasteiger partial charge in [0.05, 0.1) is 28.8 Å². The first-order valence-corrected chi connectivity index (χ1v) is 12.9. The zero-order valence-corrected chi connectivity index (χ0v) is 19.4. The Bertz CT molecular complexity index is 1100. The van der Waals surface area contributed by atoms with Crippen LogP contribution >= 0.6 is 0 Å². The van der Waals surface area contributed by atoms with E-state index in [1.165, 1.54) is 31.4 Å². The third kappa shape index (κ3) is 4.20. The summed E-state index contributed by atoms with van der Waals surface area (Å²) in [6.45, 7) is 1.47.